The number of thioether (sulfide) groups is 1. The summed E-state index contributed by atoms with van der Waals surface area (Å²) in [5, 5.41) is 5.19. The summed E-state index contributed by atoms with van der Waals surface area (Å²) in [5.41, 5.74) is 0. The van der Waals surface area contributed by atoms with Gasteiger partial charge >= 0.3 is 0 Å². The molecule has 2 aromatic rings. The van der Waals surface area contributed by atoms with Crippen LogP contribution in [-0.4, -0.2) is 16.6 Å². The Balaban J connectivity index is 1.64. The zero-order valence-electron chi connectivity index (χ0n) is 10.1. The summed E-state index contributed by atoms with van der Waals surface area (Å²) in [6.07, 6.45) is 2.90. The first-order valence-corrected chi connectivity index (χ1v) is 7.68. The first-order chi connectivity index (χ1) is 9.24. The van der Waals surface area contributed by atoms with Gasteiger partial charge in [-0.3, -0.25) is 4.79 Å². The number of carbonyl (C=O) groups is 1. The third kappa shape index (κ3) is 5.00. The molecule has 0 unspecified atom stereocenters. The highest BCUT2D eigenvalue weighted by Crippen LogP contribution is 2.19. The first-order valence-electron chi connectivity index (χ1n) is 5.82. The molecular formula is C13H13FN2OS2. The molecule has 0 radical (unpaired) electrons. The fourth-order valence-electron chi connectivity index (χ4n) is 1.42. The minimum Gasteiger partial charge on any atom is -0.302 e. The molecule has 0 spiro atoms. The van der Waals surface area contributed by atoms with E-state index in [-0.39, 0.29) is 11.7 Å². The molecule has 0 saturated heterocycles. The number of hydrogen-bond acceptors (Lipinski definition) is 4. The molecule has 0 aliphatic rings. The van der Waals surface area contributed by atoms with Crippen molar-refractivity contribution in [3.63, 3.8) is 0 Å². The molecule has 0 atom stereocenters. The Labute approximate surface area is 119 Å². The molecule has 0 saturated carbocycles. The van der Waals surface area contributed by atoms with Gasteiger partial charge in [0.1, 0.15) is 5.82 Å². The van der Waals surface area contributed by atoms with E-state index in [1.54, 1.807) is 30.1 Å². The van der Waals surface area contributed by atoms with Crippen LogP contribution in [0, 0.1) is 5.82 Å². The molecule has 1 amide bonds. The normalized spacial score (nSPS) is 10.4. The van der Waals surface area contributed by atoms with Gasteiger partial charge in [0.2, 0.25) is 5.91 Å². The molecule has 100 valence electrons. The molecule has 2 rings (SSSR count). The number of anilines is 1. The molecule has 19 heavy (non-hydrogen) atoms. The van der Waals surface area contributed by atoms with Crippen molar-refractivity contribution < 1.29 is 9.18 Å². The van der Waals surface area contributed by atoms with E-state index in [0.29, 0.717) is 11.6 Å². The van der Waals surface area contributed by atoms with Crippen LogP contribution in [-0.2, 0) is 4.79 Å². The minimum absolute atomic E-state index is 0.0188. The van der Waals surface area contributed by atoms with E-state index >= 15 is 0 Å². The molecule has 1 aromatic heterocycles. The van der Waals surface area contributed by atoms with Crippen LogP contribution in [0.15, 0.2) is 40.7 Å². The van der Waals surface area contributed by atoms with Crippen LogP contribution in [0.1, 0.15) is 12.8 Å². The van der Waals surface area contributed by atoms with E-state index in [0.717, 1.165) is 17.1 Å². The van der Waals surface area contributed by atoms with Gasteiger partial charge in [-0.1, -0.05) is 0 Å². The summed E-state index contributed by atoms with van der Waals surface area (Å²) in [4.78, 5) is 16.6. The molecular weight excluding hydrogens is 283 g/mol. The standard InChI is InChI=1S/C13H13FN2OS2/c14-10-3-5-11(6-4-10)18-8-1-2-12(17)16-13-15-7-9-19-13/h3-7,9H,1-2,8H2,(H,15,16,17). The highest BCUT2D eigenvalue weighted by molar-refractivity contribution is 7.99. The molecule has 0 bridgehead atoms. The Hall–Kier alpha value is -1.40. The summed E-state index contributed by atoms with van der Waals surface area (Å²) in [6.45, 7) is 0. The van der Waals surface area contributed by atoms with Crippen molar-refractivity contribution in [2.75, 3.05) is 11.1 Å². The predicted octanol–water partition coefficient (Wildman–Crippen LogP) is 3.79. The van der Waals surface area contributed by atoms with E-state index in [9.17, 15) is 9.18 Å². The van der Waals surface area contributed by atoms with Crippen molar-refractivity contribution in [3.8, 4) is 0 Å². The summed E-state index contributed by atoms with van der Waals surface area (Å²) < 4.78 is 12.7. The lowest BCUT2D eigenvalue weighted by atomic mass is 10.3. The first kappa shape index (κ1) is 14.0. The largest absolute Gasteiger partial charge is 0.302 e. The van der Waals surface area contributed by atoms with Gasteiger partial charge in [0.05, 0.1) is 0 Å². The van der Waals surface area contributed by atoms with Gasteiger partial charge in [-0.2, -0.15) is 0 Å². The number of benzene rings is 1. The van der Waals surface area contributed by atoms with Crippen molar-refractivity contribution >= 4 is 34.1 Å². The second-order valence-corrected chi connectivity index (χ2v) is 5.85. The number of carbonyl (C=O) groups excluding carboxylic acids is 1. The molecule has 0 fully saturated rings. The highest BCUT2D eigenvalue weighted by atomic mass is 32.2. The Morgan fingerprint density at radius 3 is 2.84 bits per heavy atom. The number of nitrogens with zero attached hydrogens (tertiary/aromatic N) is 1. The highest BCUT2D eigenvalue weighted by Gasteiger charge is 2.04. The Morgan fingerprint density at radius 2 is 2.16 bits per heavy atom. The number of aromatic nitrogens is 1. The summed E-state index contributed by atoms with van der Waals surface area (Å²) in [6, 6.07) is 6.38. The number of rotatable bonds is 6. The lowest BCUT2D eigenvalue weighted by molar-refractivity contribution is -0.116. The van der Waals surface area contributed by atoms with Gasteiger partial charge in [0, 0.05) is 22.9 Å². The lowest BCUT2D eigenvalue weighted by Crippen LogP contribution is -2.11. The van der Waals surface area contributed by atoms with Crippen LogP contribution in [0.2, 0.25) is 0 Å². The monoisotopic (exact) mass is 296 g/mol. The van der Waals surface area contributed by atoms with Crippen LogP contribution < -0.4 is 5.32 Å². The van der Waals surface area contributed by atoms with E-state index in [2.05, 4.69) is 10.3 Å². The third-order valence-electron chi connectivity index (χ3n) is 2.31. The Kier molecular flexibility index (Phi) is 5.35. The SMILES string of the molecule is O=C(CCCSc1ccc(F)cc1)Nc1nccs1. The predicted molar refractivity (Wildman–Crippen MR) is 77.1 cm³/mol. The molecule has 1 heterocycles. The number of hydrogen-bond donors (Lipinski definition) is 1. The maximum atomic E-state index is 12.7. The number of nitrogens with one attached hydrogen (secondary N) is 1. The van der Waals surface area contributed by atoms with Gasteiger partial charge in [-0.05, 0) is 36.4 Å². The van der Waals surface area contributed by atoms with Crippen LogP contribution in [0.25, 0.3) is 0 Å². The van der Waals surface area contributed by atoms with E-state index in [4.69, 9.17) is 0 Å². The van der Waals surface area contributed by atoms with Crippen LogP contribution >= 0.6 is 23.1 Å². The number of thiazole rings is 1. The second-order valence-electron chi connectivity index (χ2n) is 3.79. The summed E-state index contributed by atoms with van der Waals surface area (Å²) in [5.74, 6) is 0.582. The van der Waals surface area contributed by atoms with Crippen LogP contribution in [0.5, 0.6) is 0 Å². The van der Waals surface area contributed by atoms with Crippen molar-refractivity contribution in [3.05, 3.63) is 41.7 Å². The molecule has 3 nitrogen and oxygen atoms in total. The van der Waals surface area contributed by atoms with Crippen molar-refractivity contribution in [1.29, 1.82) is 0 Å². The van der Waals surface area contributed by atoms with Gasteiger partial charge in [0.15, 0.2) is 5.13 Å². The maximum absolute atomic E-state index is 12.7. The van der Waals surface area contributed by atoms with Gasteiger partial charge in [0.25, 0.3) is 0 Å². The smallest absolute Gasteiger partial charge is 0.226 e. The Morgan fingerprint density at radius 1 is 1.37 bits per heavy atom. The number of halogens is 1. The average Bonchev–Trinajstić information content (AvgIpc) is 2.89. The van der Waals surface area contributed by atoms with Crippen molar-refractivity contribution in [1.82, 2.24) is 4.98 Å². The van der Waals surface area contributed by atoms with Crippen molar-refractivity contribution in [2.45, 2.75) is 17.7 Å². The van der Waals surface area contributed by atoms with Gasteiger partial charge in [-0.15, -0.1) is 23.1 Å². The van der Waals surface area contributed by atoms with Gasteiger partial charge < -0.3 is 5.32 Å². The van der Waals surface area contributed by atoms with Crippen LogP contribution in [0.4, 0.5) is 9.52 Å². The number of amides is 1. The molecule has 0 aliphatic carbocycles. The zero-order valence-corrected chi connectivity index (χ0v) is 11.8. The third-order valence-corrected chi connectivity index (χ3v) is 4.10. The van der Waals surface area contributed by atoms with E-state index in [1.807, 2.05) is 5.38 Å². The van der Waals surface area contributed by atoms with Crippen molar-refractivity contribution in [2.24, 2.45) is 0 Å². The topological polar surface area (TPSA) is 42.0 Å². The molecule has 0 aliphatic heterocycles. The van der Waals surface area contributed by atoms with Gasteiger partial charge in [-0.25, -0.2) is 9.37 Å². The summed E-state index contributed by atoms with van der Waals surface area (Å²) >= 11 is 3.02. The lowest BCUT2D eigenvalue weighted by Gasteiger charge is -2.02. The van der Waals surface area contributed by atoms with E-state index in [1.165, 1.54) is 23.5 Å². The second kappa shape index (κ2) is 7.25. The molecule has 6 heteroatoms. The van der Waals surface area contributed by atoms with E-state index < -0.39 is 0 Å². The summed E-state index contributed by atoms with van der Waals surface area (Å²) in [7, 11) is 0. The fourth-order valence-corrected chi connectivity index (χ4v) is 2.82. The molecule has 1 N–H and O–H groups in total. The average molecular weight is 296 g/mol. The van der Waals surface area contributed by atoms with Crippen LogP contribution in [0.3, 0.4) is 0 Å². The minimum atomic E-state index is -0.229. The maximum Gasteiger partial charge on any atom is 0.226 e. The Bertz CT molecular complexity index is 514. The fraction of sp³-hybridized carbons (Fsp3) is 0.231. The zero-order chi connectivity index (χ0) is 13.5. The quantitative estimate of drug-likeness (QED) is 0.651. The molecule has 1 aromatic carbocycles.